The zero-order valence-electron chi connectivity index (χ0n) is 7.93. The zero-order chi connectivity index (χ0) is 9.35. The van der Waals surface area contributed by atoms with Gasteiger partial charge in [0.15, 0.2) is 5.69 Å². The Hall–Kier alpha value is -0.440. The van der Waals surface area contributed by atoms with Crippen LogP contribution in [-0.2, 0) is 12.5 Å². The Morgan fingerprint density at radius 3 is 2.42 bits per heavy atom. The second kappa shape index (κ2) is 3.13. The molecular formula is C9H14BrN2+. The predicted octanol–water partition coefficient (Wildman–Crippen LogP) is 1.97. The van der Waals surface area contributed by atoms with E-state index in [2.05, 4.69) is 41.7 Å². The van der Waals surface area contributed by atoms with Crippen molar-refractivity contribution in [3.63, 3.8) is 0 Å². The van der Waals surface area contributed by atoms with Crippen LogP contribution in [0.3, 0.4) is 0 Å². The van der Waals surface area contributed by atoms with Crippen LogP contribution in [0.4, 0.5) is 0 Å². The molecule has 66 valence electrons. The molecule has 0 bridgehead atoms. The minimum atomic E-state index is 0.104. The van der Waals surface area contributed by atoms with Gasteiger partial charge in [0.25, 0.3) is 6.33 Å². The molecular weight excluding hydrogens is 216 g/mol. The lowest BCUT2D eigenvalue weighted by molar-refractivity contribution is -0.675. The molecule has 0 N–H and O–H groups in total. The quantitative estimate of drug-likeness (QED) is 0.622. The lowest BCUT2D eigenvalue weighted by Crippen LogP contribution is -2.30. The van der Waals surface area contributed by atoms with Crippen LogP contribution >= 0.6 is 15.9 Å². The van der Waals surface area contributed by atoms with Gasteiger partial charge in [0.2, 0.25) is 0 Å². The lowest BCUT2D eigenvalue weighted by atomic mass is 9.92. The summed E-state index contributed by atoms with van der Waals surface area (Å²) in [5.74, 6) is 0. The largest absolute Gasteiger partial charge is 0.286 e. The Kier molecular flexibility index (Phi) is 2.52. The average molecular weight is 230 g/mol. The van der Waals surface area contributed by atoms with Crippen LogP contribution in [0.25, 0.3) is 0 Å². The van der Waals surface area contributed by atoms with Crippen molar-refractivity contribution >= 4 is 15.9 Å². The van der Waals surface area contributed by atoms with Crippen molar-refractivity contribution in [2.45, 2.75) is 26.2 Å². The summed E-state index contributed by atoms with van der Waals surface area (Å²) >= 11 is 3.50. The fraction of sp³-hybridized carbons (Fsp3) is 0.556. The highest BCUT2D eigenvalue weighted by Gasteiger charge is 2.23. The standard InChI is InChI=1S/C9H14BrN2/c1-9(2,3)8-7(10)5-12(4)6-11-8/h5-6H,1-4H3/q+1. The van der Waals surface area contributed by atoms with E-state index in [0.717, 1.165) is 10.2 Å². The first-order valence-electron chi connectivity index (χ1n) is 3.92. The molecule has 0 aliphatic carbocycles. The normalized spacial score (nSPS) is 11.8. The van der Waals surface area contributed by atoms with Crippen LogP contribution in [0.1, 0.15) is 26.5 Å². The van der Waals surface area contributed by atoms with Crippen molar-refractivity contribution in [1.82, 2.24) is 4.98 Å². The summed E-state index contributed by atoms with van der Waals surface area (Å²) < 4.78 is 3.00. The number of aromatic nitrogens is 2. The van der Waals surface area contributed by atoms with Crippen LogP contribution in [0.2, 0.25) is 0 Å². The fourth-order valence-electron chi connectivity index (χ4n) is 1.04. The molecule has 0 unspecified atom stereocenters. The van der Waals surface area contributed by atoms with Gasteiger partial charge < -0.3 is 0 Å². The van der Waals surface area contributed by atoms with E-state index in [9.17, 15) is 0 Å². The molecule has 12 heavy (non-hydrogen) atoms. The number of hydrogen-bond donors (Lipinski definition) is 0. The highest BCUT2D eigenvalue weighted by atomic mass is 79.9. The first kappa shape index (κ1) is 9.65. The summed E-state index contributed by atoms with van der Waals surface area (Å²) in [6.45, 7) is 6.46. The highest BCUT2D eigenvalue weighted by molar-refractivity contribution is 9.10. The van der Waals surface area contributed by atoms with E-state index in [1.807, 2.05) is 24.1 Å². The number of nitrogens with zero attached hydrogens (tertiary/aromatic N) is 2. The van der Waals surface area contributed by atoms with E-state index in [1.54, 1.807) is 0 Å². The average Bonchev–Trinajstić information content (AvgIpc) is 1.83. The molecule has 0 aliphatic heterocycles. The Bertz CT molecular complexity index is 289. The third-order valence-electron chi connectivity index (χ3n) is 1.62. The molecule has 0 saturated carbocycles. The van der Waals surface area contributed by atoms with Gasteiger partial charge in [-0.05, 0) is 15.9 Å². The molecule has 0 aliphatic rings. The zero-order valence-corrected chi connectivity index (χ0v) is 9.51. The molecule has 0 amide bonds. The highest BCUT2D eigenvalue weighted by Crippen LogP contribution is 2.25. The monoisotopic (exact) mass is 229 g/mol. The third kappa shape index (κ3) is 2.03. The maximum absolute atomic E-state index is 4.37. The summed E-state index contributed by atoms with van der Waals surface area (Å²) in [5, 5.41) is 0. The van der Waals surface area contributed by atoms with Crippen molar-refractivity contribution in [3.8, 4) is 0 Å². The number of aryl methyl sites for hydroxylation is 1. The van der Waals surface area contributed by atoms with E-state index in [1.165, 1.54) is 0 Å². The van der Waals surface area contributed by atoms with Gasteiger partial charge in [-0.1, -0.05) is 25.8 Å². The van der Waals surface area contributed by atoms with Gasteiger partial charge in [0, 0.05) is 5.41 Å². The number of halogens is 1. The maximum atomic E-state index is 4.37. The molecule has 0 fully saturated rings. The topological polar surface area (TPSA) is 16.8 Å². The van der Waals surface area contributed by atoms with E-state index in [4.69, 9.17) is 0 Å². The second-order valence-electron chi connectivity index (χ2n) is 3.99. The van der Waals surface area contributed by atoms with Gasteiger partial charge in [-0.15, -0.1) is 0 Å². The molecule has 0 saturated heterocycles. The molecule has 1 heterocycles. The second-order valence-corrected chi connectivity index (χ2v) is 4.84. The van der Waals surface area contributed by atoms with Crippen LogP contribution in [0.15, 0.2) is 17.0 Å². The van der Waals surface area contributed by atoms with Crippen molar-refractivity contribution in [3.05, 3.63) is 22.7 Å². The molecule has 0 atom stereocenters. The van der Waals surface area contributed by atoms with Gasteiger partial charge in [-0.25, -0.2) is 4.57 Å². The van der Waals surface area contributed by atoms with Gasteiger partial charge >= 0.3 is 0 Å². The van der Waals surface area contributed by atoms with E-state index < -0.39 is 0 Å². The van der Waals surface area contributed by atoms with E-state index in [-0.39, 0.29) is 5.41 Å². The van der Waals surface area contributed by atoms with Gasteiger partial charge in [-0.2, -0.15) is 0 Å². The molecule has 1 rings (SSSR count). The van der Waals surface area contributed by atoms with E-state index in [0.29, 0.717) is 0 Å². The minimum absolute atomic E-state index is 0.104. The predicted molar refractivity (Wildman–Crippen MR) is 51.8 cm³/mol. The minimum Gasteiger partial charge on any atom is -0.239 e. The molecule has 0 spiro atoms. The van der Waals surface area contributed by atoms with E-state index >= 15 is 0 Å². The van der Waals surface area contributed by atoms with Crippen molar-refractivity contribution in [1.29, 1.82) is 0 Å². The first-order chi connectivity index (χ1) is 5.41. The summed E-state index contributed by atoms with van der Waals surface area (Å²) in [7, 11) is 1.96. The molecule has 0 radical (unpaired) electrons. The number of hydrogen-bond acceptors (Lipinski definition) is 1. The van der Waals surface area contributed by atoms with Crippen molar-refractivity contribution < 1.29 is 4.57 Å². The summed E-state index contributed by atoms with van der Waals surface area (Å²) in [5.41, 5.74) is 1.20. The first-order valence-corrected chi connectivity index (χ1v) is 4.72. The third-order valence-corrected chi connectivity index (χ3v) is 2.20. The molecule has 3 heteroatoms. The molecule has 1 aromatic rings. The van der Waals surface area contributed by atoms with Gasteiger partial charge in [-0.3, -0.25) is 0 Å². The summed E-state index contributed by atoms with van der Waals surface area (Å²) in [6.07, 6.45) is 3.85. The van der Waals surface area contributed by atoms with Gasteiger partial charge in [0.1, 0.15) is 10.7 Å². The molecule has 0 aromatic carbocycles. The Labute approximate surface area is 81.8 Å². The molecule has 1 aromatic heterocycles. The van der Waals surface area contributed by atoms with Gasteiger partial charge in [0.05, 0.1) is 7.05 Å². The SMILES string of the molecule is C[n+]1cnc(C(C)(C)C)c(Br)c1. The van der Waals surface area contributed by atoms with Crippen molar-refractivity contribution in [2.24, 2.45) is 7.05 Å². The smallest absolute Gasteiger partial charge is 0.239 e. The fourth-order valence-corrected chi connectivity index (χ4v) is 2.06. The van der Waals surface area contributed by atoms with Crippen molar-refractivity contribution in [2.75, 3.05) is 0 Å². The molecule has 2 nitrogen and oxygen atoms in total. The Morgan fingerprint density at radius 1 is 1.42 bits per heavy atom. The summed E-state index contributed by atoms with van der Waals surface area (Å²) in [4.78, 5) is 4.37. The van der Waals surface area contributed by atoms with Crippen LogP contribution in [0, 0.1) is 0 Å². The Morgan fingerprint density at radius 2 is 2.00 bits per heavy atom. The lowest BCUT2D eigenvalue weighted by Gasteiger charge is -2.13. The van der Waals surface area contributed by atoms with Crippen LogP contribution < -0.4 is 4.57 Å². The number of rotatable bonds is 0. The Balaban J connectivity index is 3.19. The van der Waals surface area contributed by atoms with Crippen LogP contribution in [-0.4, -0.2) is 4.98 Å². The van der Waals surface area contributed by atoms with Crippen LogP contribution in [0.5, 0.6) is 0 Å². The summed E-state index contributed by atoms with van der Waals surface area (Å²) in [6, 6.07) is 0. The maximum Gasteiger partial charge on any atom is 0.286 e.